The van der Waals surface area contributed by atoms with Crippen LogP contribution >= 0.6 is 0 Å². The SMILES string of the molecule is C[C@@H](O)[C@H](NC(=O)[C@@H]1CCCN1C(=O)[C@@H]1CCCN1C(=O)[C@@H](NC(=O)[C@@H](NC(=O)[C@H](Cc1ccc(O)cc1)NC(=O)[C@H](CO)NC(=O)[C@H](CCC(N)=O)NC(=O)[C@@H](N)CCC(N)=O)[C@@H](C)O)[C@@H](C)O)C(=O)O. The van der Waals surface area contributed by atoms with Crippen molar-refractivity contribution in [2.75, 3.05) is 19.7 Å². The molecule has 1 aromatic rings. The van der Waals surface area contributed by atoms with Gasteiger partial charge in [0.15, 0.2) is 6.04 Å². The minimum Gasteiger partial charge on any atom is -0.508 e. The second-order valence-electron chi connectivity index (χ2n) is 17.8. The van der Waals surface area contributed by atoms with Crippen LogP contribution in [0.3, 0.4) is 0 Å². The number of phenolic OH excluding ortho intramolecular Hbond substituents is 1. The van der Waals surface area contributed by atoms with Crippen LogP contribution < -0.4 is 49.1 Å². The van der Waals surface area contributed by atoms with Crippen molar-refractivity contribution in [3.05, 3.63) is 29.8 Å². The smallest absolute Gasteiger partial charge is 0.328 e. The van der Waals surface area contributed by atoms with E-state index in [2.05, 4.69) is 31.9 Å². The molecule has 400 valence electrons. The highest BCUT2D eigenvalue weighted by molar-refractivity contribution is 5.99. The molecule has 0 aromatic heterocycles. The lowest BCUT2D eigenvalue weighted by molar-refractivity contribution is -0.150. The van der Waals surface area contributed by atoms with E-state index in [0.717, 1.165) is 18.7 Å². The second-order valence-corrected chi connectivity index (χ2v) is 17.8. The van der Waals surface area contributed by atoms with Crippen LogP contribution in [0.1, 0.15) is 77.7 Å². The molecule has 2 heterocycles. The van der Waals surface area contributed by atoms with Gasteiger partial charge >= 0.3 is 5.97 Å². The van der Waals surface area contributed by atoms with Crippen molar-refractivity contribution in [2.45, 2.75) is 151 Å². The number of rotatable bonds is 27. The summed E-state index contributed by atoms with van der Waals surface area (Å²) in [6, 6.07) is -8.78. The molecule has 0 saturated carbocycles. The van der Waals surface area contributed by atoms with E-state index >= 15 is 0 Å². The summed E-state index contributed by atoms with van der Waals surface area (Å²) in [7, 11) is 0. The van der Waals surface area contributed by atoms with Crippen LogP contribution in [0.5, 0.6) is 5.75 Å². The largest absolute Gasteiger partial charge is 0.508 e. The number of carboxylic acids is 1. The van der Waals surface area contributed by atoms with Crippen LogP contribution in [0.15, 0.2) is 24.3 Å². The number of phenols is 1. The number of carbonyl (C=O) groups is 11. The number of hydrogen-bond acceptors (Lipinski definition) is 17. The number of carboxylic acid groups (broad SMARTS) is 1. The first-order chi connectivity index (χ1) is 33.8. The predicted octanol–water partition coefficient (Wildman–Crippen LogP) is -7.10. The summed E-state index contributed by atoms with van der Waals surface area (Å²) >= 11 is 0. The Balaban J connectivity index is 1.82. The normalized spacial score (nSPS) is 19.6. The van der Waals surface area contributed by atoms with E-state index in [0.29, 0.717) is 18.4 Å². The lowest BCUT2D eigenvalue weighted by Crippen LogP contribution is -2.63. The number of nitrogens with zero attached hydrogens (tertiary/aromatic N) is 2. The van der Waals surface area contributed by atoms with Crippen molar-refractivity contribution < 1.29 is 83.4 Å². The summed E-state index contributed by atoms with van der Waals surface area (Å²) in [5.41, 5.74) is 16.5. The third-order valence-electron chi connectivity index (χ3n) is 12.0. The molecule has 2 saturated heterocycles. The quantitative estimate of drug-likeness (QED) is 0.0389. The summed E-state index contributed by atoms with van der Waals surface area (Å²) < 4.78 is 0. The van der Waals surface area contributed by atoms with Gasteiger partial charge in [-0.25, -0.2) is 4.79 Å². The summed E-state index contributed by atoms with van der Waals surface area (Å²) in [5.74, 6) is -11.3. The molecular weight excluding hydrogens is 955 g/mol. The van der Waals surface area contributed by atoms with E-state index in [1.165, 1.54) is 36.1 Å². The van der Waals surface area contributed by atoms with Gasteiger partial charge in [-0.2, -0.15) is 0 Å². The average molecular weight is 1020 g/mol. The van der Waals surface area contributed by atoms with Gasteiger partial charge in [-0.1, -0.05) is 12.1 Å². The van der Waals surface area contributed by atoms with Crippen molar-refractivity contribution in [2.24, 2.45) is 17.2 Å². The summed E-state index contributed by atoms with van der Waals surface area (Å²) in [6.45, 7) is 2.38. The van der Waals surface area contributed by atoms with Crippen LogP contribution in [0.2, 0.25) is 0 Å². The van der Waals surface area contributed by atoms with E-state index in [1.54, 1.807) is 0 Å². The van der Waals surface area contributed by atoms with Crippen LogP contribution in [0.25, 0.3) is 0 Å². The molecule has 3 rings (SSSR count). The Bertz CT molecular complexity index is 2140. The van der Waals surface area contributed by atoms with E-state index in [-0.39, 0.29) is 50.9 Å². The molecule has 0 spiro atoms. The van der Waals surface area contributed by atoms with Crippen molar-refractivity contribution in [1.29, 1.82) is 0 Å². The number of benzene rings is 1. The maximum absolute atomic E-state index is 14.1. The van der Waals surface area contributed by atoms with E-state index < -0.39 is 157 Å². The Hall–Kier alpha value is -7.01. The van der Waals surface area contributed by atoms with Crippen LogP contribution in [-0.2, 0) is 59.2 Å². The zero-order chi connectivity index (χ0) is 54.1. The molecule has 1 aromatic carbocycles. The first-order valence-electron chi connectivity index (χ1n) is 23.2. The van der Waals surface area contributed by atoms with Crippen molar-refractivity contribution >= 4 is 65.0 Å². The van der Waals surface area contributed by atoms with Gasteiger partial charge in [0.2, 0.25) is 59.1 Å². The number of aliphatic carboxylic acids is 1. The molecule has 12 atom stereocenters. The fraction of sp³-hybridized carbons (Fsp3) is 0.614. The first kappa shape index (κ1) is 59.3. The molecule has 28 heteroatoms. The highest BCUT2D eigenvalue weighted by Crippen LogP contribution is 2.26. The Labute approximate surface area is 413 Å². The van der Waals surface area contributed by atoms with Crippen molar-refractivity contribution in [3.8, 4) is 5.75 Å². The number of likely N-dealkylation sites (tertiary alicyclic amines) is 2. The topological polar surface area (TPSA) is 466 Å². The molecular formula is C44H67N11O17. The second kappa shape index (κ2) is 27.6. The van der Waals surface area contributed by atoms with E-state index in [9.17, 15) is 83.4 Å². The number of nitrogens with one attached hydrogen (secondary N) is 6. The van der Waals surface area contributed by atoms with Crippen LogP contribution in [0, 0.1) is 0 Å². The third-order valence-corrected chi connectivity index (χ3v) is 12.0. The molecule has 10 amide bonds. The van der Waals surface area contributed by atoms with Gasteiger partial charge in [0, 0.05) is 32.4 Å². The Morgan fingerprint density at radius 2 is 1.10 bits per heavy atom. The minimum atomic E-state index is -1.90. The maximum atomic E-state index is 14.1. The Kier molecular flexibility index (Phi) is 22.7. The molecule has 0 aliphatic carbocycles. The molecule has 18 N–H and O–H groups in total. The third kappa shape index (κ3) is 17.1. The molecule has 0 bridgehead atoms. The number of nitrogens with two attached hydrogens (primary N) is 3. The van der Waals surface area contributed by atoms with Gasteiger partial charge in [0.05, 0.1) is 31.0 Å². The molecule has 28 nitrogen and oxygen atoms in total. The molecule has 0 radical (unpaired) electrons. The van der Waals surface area contributed by atoms with Gasteiger partial charge in [0.25, 0.3) is 0 Å². The average Bonchev–Trinajstić information content (AvgIpc) is 4.02. The molecule has 72 heavy (non-hydrogen) atoms. The van der Waals surface area contributed by atoms with E-state index in [1.807, 2.05) is 0 Å². The number of aliphatic hydroxyl groups is 4. The zero-order valence-electron chi connectivity index (χ0n) is 40.0. The van der Waals surface area contributed by atoms with Crippen LogP contribution in [0.4, 0.5) is 0 Å². The minimum absolute atomic E-state index is 0.0259. The van der Waals surface area contributed by atoms with Crippen molar-refractivity contribution in [1.82, 2.24) is 41.7 Å². The fourth-order valence-corrected chi connectivity index (χ4v) is 7.97. The number of aliphatic hydroxyl groups excluding tert-OH is 4. The fourth-order valence-electron chi connectivity index (χ4n) is 7.97. The van der Waals surface area contributed by atoms with E-state index in [4.69, 9.17) is 17.2 Å². The van der Waals surface area contributed by atoms with Gasteiger partial charge in [-0.3, -0.25) is 47.9 Å². The van der Waals surface area contributed by atoms with Gasteiger partial charge < -0.3 is 89.5 Å². The highest BCUT2D eigenvalue weighted by Gasteiger charge is 2.45. The number of aromatic hydroxyl groups is 1. The lowest BCUT2D eigenvalue weighted by Gasteiger charge is -2.34. The summed E-state index contributed by atoms with van der Waals surface area (Å²) in [6.07, 6.45) is -5.60. The monoisotopic (exact) mass is 1020 g/mol. The lowest BCUT2D eigenvalue weighted by atomic mass is 10.0. The number of primary amides is 2. The zero-order valence-corrected chi connectivity index (χ0v) is 40.0. The van der Waals surface area contributed by atoms with Crippen molar-refractivity contribution in [3.63, 3.8) is 0 Å². The summed E-state index contributed by atoms with van der Waals surface area (Å²) in [5, 5.41) is 74.7. The predicted molar refractivity (Wildman–Crippen MR) is 247 cm³/mol. The number of carbonyl (C=O) groups excluding carboxylic acids is 10. The highest BCUT2D eigenvalue weighted by atomic mass is 16.4. The first-order valence-corrected chi connectivity index (χ1v) is 23.2. The van der Waals surface area contributed by atoms with Crippen LogP contribution in [-0.4, -0.2) is 198 Å². The molecule has 2 aliphatic heterocycles. The molecule has 2 aliphatic rings. The standard InChI is InChI=1S/C44H67N11O17/c1-20(57)33(41(68)52-34(21(2)58)43(70)55-17-5-7-30(55)42(69)54-16-4-6-29(54)40(67)53-35(22(3)59)44(71)72)51-38(65)27(18-23-8-10-24(60)11-9-23)49-39(66)28(19-56)50-37(64)26(13-15-32(47)62)48-36(63)25(45)12-14-31(46)61/h8-11,20-22,25-30,33-35,56-60H,4-7,12-19,45H2,1-3H3,(H2,46,61)(H2,47,62)(H,48,63)(H,49,66)(H,50,64)(H,51,65)(H,52,68)(H,53,67)(H,71,72)/t20-,21-,22-,25+,26+,27+,28+,29+,30+,33+,34+,35+/m1/s1. The molecule has 0 unspecified atom stereocenters. The maximum Gasteiger partial charge on any atom is 0.328 e. The van der Waals surface area contributed by atoms with Gasteiger partial charge in [0.1, 0.15) is 48.0 Å². The Morgan fingerprint density at radius 1 is 0.611 bits per heavy atom. The number of hydrogen-bond donors (Lipinski definition) is 15. The molecule has 2 fully saturated rings. The Morgan fingerprint density at radius 3 is 1.64 bits per heavy atom. The number of amides is 10. The summed E-state index contributed by atoms with van der Waals surface area (Å²) in [4.78, 5) is 146. The van der Waals surface area contributed by atoms with Gasteiger partial charge in [-0.05, 0) is 77.0 Å². The van der Waals surface area contributed by atoms with Gasteiger partial charge in [-0.15, -0.1) is 0 Å².